The summed E-state index contributed by atoms with van der Waals surface area (Å²) in [7, 11) is 0. The van der Waals surface area contributed by atoms with Crippen molar-refractivity contribution in [3.8, 4) is 0 Å². The number of hydrogen-bond donors (Lipinski definition) is 2. The Morgan fingerprint density at radius 2 is 1.71 bits per heavy atom. The second-order valence-electron chi connectivity index (χ2n) is 8.94. The summed E-state index contributed by atoms with van der Waals surface area (Å²) < 4.78 is 7.48. The number of rotatable bonds is 5. The molecule has 1 fully saturated rings. The number of nitrogens with one attached hydrogen (secondary N) is 2. The molecule has 9 heteroatoms. The minimum Gasteiger partial charge on any atom is -0.379 e. The number of amides is 2. The molecular formula is C25H30N6O3. The van der Waals surface area contributed by atoms with E-state index in [1.807, 2.05) is 6.92 Å². The van der Waals surface area contributed by atoms with Gasteiger partial charge in [0.2, 0.25) is 5.91 Å². The van der Waals surface area contributed by atoms with E-state index < -0.39 is 0 Å². The predicted molar refractivity (Wildman–Crippen MR) is 130 cm³/mol. The highest BCUT2D eigenvalue weighted by atomic mass is 16.5. The molecule has 2 aliphatic rings. The Morgan fingerprint density at radius 1 is 0.971 bits per heavy atom. The zero-order chi connectivity index (χ0) is 23.5. The van der Waals surface area contributed by atoms with Gasteiger partial charge < -0.3 is 19.9 Å². The molecule has 34 heavy (non-hydrogen) atoms. The molecule has 1 saturated heterocycles. The number of aromatic nitrogens is 3. The first kappa shape index (κ1) is 22.5. The van der Waals surface area contributed by atoms with Crippen LogP contribution in [0.4, 0.5) is 11.4 Å². The van der Waals surface area contributed by atoms with E-state index in [1.54, 1.807) is 30.3 Å². The Bertz CT molecular complexity index is 1200. The van der Waals surface area contributed by atoms with E-state index in [4.69, 9.17) is 14.7 Å². The van der Waals surface area contributed by atoms with Crippen molar-refractivity contribution in [3.05, 3.63) is 47.4 Å². The molecule has 9 nitrogen and oxygen atoms in total. The monoisotopic (exact) mass is 462 g/mol. The van der Waals surface area contributed by atoms with Gasteiger partial charge in [-0.05, 0) is 50.1 Å². The summed E-state index contributed by atoms with van der Waals surface area (Å²) in [4.78, 5) is 37.0. The van der Waals surface area contributed by atoms with Gasteiger partial charge in [0.05, 0.1) is 25.3 Å². The van der Waals surface area contributed by atoms with Crippen molar-refractivity contribution in [2.75, 3.05) is 43.5 Å². The van der Waals surface area contributed by atoms with Crippen LogP contribution in [0.3, 0.4) is 0 Å². The van der Waals surface area contributed by atoms with Gasteiger partial charge in [0.15, 0.2) is 5.65 Å². The van der Waals surface area contributed by atoms with Crippen LogP contribution in [0.15, 0.2) is 30.3 Å². The molecule has 0 spiro atoms. The first-order valence-electron chi connectivity index (χ1n) is 11.9. The van der Waals surface area contributed by atoms with Gasteiger partial charge in [-0.3, -0.25) is 14.5 Å². The molecule has 0 radical (unpaired) electrons. The fourth-order valence-corrected chi connectivity index (χ4v) is 4.59. The van der Waals surface area contributed by atoms with Crippen LogP contribution in [0.2, 0.25) is 0 Å². The zero-order valence-electron chi connectivity index (χ0n) is 19.5. The van der Waals surface area contributed by atoms with E-state index in [2.05, 4.69) is 20.1 Å². The van der Waals surface area contributed by atoms with Gasteiger partial charge in [0.25, 0.3) is 5.91 Å². The summed E-state index contributed by atoms with van der Waals surface area (Å²) in [5.41, 5.74) is 4.12. The molecule has 0 atom stereocenters. The Balaban J connectivity index is 1.27. The molecule has 2 amide bonds. The maximum Gasteiger partial charge on any atom is 0.258 e. The van der Waals surface area contributed by atoms with Gasteiger partial charge >= 0.3 is 0 Å². The molecule has 2 aliphatic heterocycles. The Kier molecular flexibility index (Phi) is 6.55. The van der Waals surface area contributed by atoms with E-state index in [0.29, 0.717) is 42.2 Å². The molecule has 0 bridgehead atoms. The lowest BCUT2D eigenvalue weighted by Gasteiger charge is -2.25. The van der Waals surface area contributed by atoms with E-state index in [9.17, 15) is 9.59 Å². The van der Waals surface area contributed by atoms with E-state index in [-0.39, 0.29) is 11.8 Å². The van der Waals surface area contributed by atoms with Crippen molar-refractivity contribution < 1.29 is 14.3 Å². The number of pyridine rings is 1. The minimum atomic E-state index is -0.215. The van der Waals surface area contributed by atoms with Crippen molar-refractivity contribution in [2.24, 2.45) is 0 Å². The van der Waals surface area contributed by atoms with Crippen LogP contribution >= 0.6 is 0 Å². The number of imidazole rings is 1. The Morgan fingerprint density at radius 3 is 2.47 bits per heavy atom. The lowest BCUT2D eigenvalue weighted by molar-refractivity contribution is -0.118. The van der Waals surface area contributed by atoms with Gasteiger partial charge in [-0.2, -0.15) is 0 Å². The van der Waals surface area contributed by atoms with Crippen LogP contribution in [0.1, 0.15) is 41.1 Å². The van der Waals surface area contributed by atoms with Crippen LogP contribution < -0.4 is 10.6 Å². The number of hydrogen-bond acceptors (Lipinski definition) is 6. The van der Waals surface area contributed by atoms with Crippen LogP contribution in [0.5, 0.6) is 0 Å². The van der Waals surface area contributed by atoms with Crippen molar-refractivity contribution in [1.29, 1.82) is 0 Å². The van der Waals surface area contributed by atoms with Crippen molar-refractivity contribution in [2.45, 2.75) is 39.2 Å². The van der Waals surface area contributed by atoms with Crippen LogP contribution in [-0.4, -0.2) is 64.1 Å². The third-order valence-electron chi connectivity index (χ3n) is 6.33. The zero-order valence-corrected chi connectivity index (χ0v) is 19.5. The molecule has 0 saturated carbocycles. The third kappa shape index (κ3) is 4.95. The molecule has 178 valence electrons. The van der Waals surface area contributed by atoms with Crippen LogP contribution in [0, 0.1) is 6.92 Å². The van der Waals surface area contributed by atoms with Gasteiger partial charge in [-0.25, -0.2) is 9.97 Å². The Labute approximate surface area is 198 Å². The number of aryl methyl sites for hydroxylation is 3. The molecular weight excluding hydrogens is 432 g/mol. The number of morpholine rings is 1. The van der Waals surface area contributed by atoms with Crippen LogP contribution in [0.25, 0.3) is 11.2 Å². The third-order valence-corrected chi connectivity index (χ3v) is 6.33. The molecule has 2 N–H and O–H groups in total. The molecule has 5 rings (SSSR count). The average molecular weight is 463 g/mol. The largest absolute Gasteiger partial charge is 0.379 e. The predicted octanol–water partition coefficient (Wildman–Crippen LogP) is 2.99. The van der Waals surface area contributed by atoms with E-state index in [0.717, 1.165) is 56.1 Å². The Hall–Kier alpha value is -3.30. The number of fused-ring (bicyclic) bond motifs is 3. The summed E-state index contributed by atoms with van der Waals surface area (Å²) in [6.45, 7) is 5.98. The van der Waals surface area contributed by atoms with E-state index in [1.165, 1.54) is 6.42 Å². The lowest BCUT2D eigenvalue weighted by atomic mass is 10.1. The number of nitrogens with zero attached hydrogens (tertiary/aromatic N) is 4. The summed E-state index contributed by atoms with van der Waals surface area (Å²) >= 11 is 0. The quantitative estimate of drug-likeness (QED) is 0.605. The molecule has 4 heterocycles. The van der Waals surface area contributed by atoms with Gasteiger partial charge in [0, 0.05) is 43.1 Å². The molecule has 1 aromatic carbocycles. The number of ether oxygens (including phenoxy) is 1. The van der Waals surface area contributed by atoms with E-state index >= 15 is 0 Å². The lowest BCUT2D eigenvalue weighted by Crippen LogP contribution is -2.41. The first-order chi connectivity index (χ1) is 16.6. The highest BCUT2D eigenvalue weighted by Gasteiger charge is 2.21. The van der Waals surface area contributed by atoms with Gasteiger partial charge in [-0.1, -0.05) is 6.42 Å². The van der Waals surface area contributed by atoms with Crippen molar-refractivity contribution in [3.63, 3.8) is 0 Å². The normalized spacial score (nSPS) is 16.6. The number of benzene rings is 1. The topological polar surface area (TPSA) is 101 Å². The highest BCUT2D eigenvalue weighted by Crippen LogP contribution is 2.25. The summed E-state index contributed by atoms with van der Waals surface area (Å²) in [6, 6.07) is 8.95. The first-order valence-corrected chi connectivity index (χ1v) is 11.9. The highest BCUT2D eigenvalue weighted by molar-refractivity contribution is 6.11. The minimum absolute atomic E-state index is 0.0621. The number of anilines is 2. The van der Waals surface area contributed by atoms with Crippen molar-refractivity contribution >= 4 is 34.4 Å². The average Bonchev–Trinajstić information content (AvgIpc) is 3.00. The second kappa shape index (κ2) is 9.90. The molecule has 0 unspecified atom stereocenters. The molecule has 0 aliphatic carbocycles. The van der Waals surface area contributed by atoms with Crippen LogP contribution in [-0.2, 0) is 22.5 Å². The molecule has 2 aromatic heterocycles. The number of carbonyl (C=O) groups excluding carboxylic acids is 2. The summed E-state index contributed by atoms with van der Waals surface area (Å²) in [6.07, 6.45) is 4.31. The summed E-state index contributed by atoms with van der Waals surface area (Å²) in [5.74, 6) is 0.734. The molecule has 3 aromatic rings. The maximum atomic E-state index is 13.2. The SMILES string of the molecule is Cc1cc(C(=O)Nc2ccc(NC(=O)CN3CCOCC3)cc2)c2nc3n(c2n1)CCCCC3. The standard InChI is InChI=1S/C25H30N6O3/c1-17-15-20(23-24(26-17)31-10-4-2-3-5-21(31)29-23)25(33)28-19-8-6-18(7-9-19)27-22(32)16-30-11-13-34-14-12-30/h6-9,15H,2-5,10-14,16H2,1H3,(H,27,32)(H,28,33). The fourth-order valence-electron chi connectivity index (χ4n) is 4.59. The van der Waals surface area contributed by atoms with Gasteiger partial charge in [-0.15, -0.1) is 0 Å². The second-order valence-corrected chi connectivity index (χ2v) is 8.94. The smallest absolute Gasteiger partial charge is 0.258 e. The fraction of sp³-hybridized carbons (Fsp3) is 0.440. The van der Waals surface area contributed by atoms with Gasteiger partial charge in [0.1, 0.15) is 11.3 Å². The van der Waals surface area contributed by atoms with Crippen molar-refractivity contribution in [1.82, 2.24) is 19.4 Å². The maximum absolute atomic E-state index is 13.2. The summed E-state index contributed by atoms with van der Waals surface area (Å²) in [5, 5.41) is 5.88. The number of carbonyl (C=O) groups is 2.